The van der Waals surface area contributed by atoms with Crippen molar-refractivity contribution in [3.63, 3.8) is 0 Å². The van der Waals surface area contributed by atoms with E-state index in [-0.39, 0.29) is 18.5 Å². The summed E-state index contributed by atoms with van der Waals surface area (Å²) in [5.74, 6) is 1.62. The summed E-state index contributed by atoms with van der Waals surface area (Å²) in [6.45, 7) is 0.0969. The molecule has 8 heteroatoms. The predicted octanol–water partition coefficient (Wildman–Crippen LogP) is 2.52. The van der Waals surface area contributed by atoms with Crippen LogP contribution >= 0.6 is 0 Å². The highest BCUT2D eigenvalue weighted by molar-refractivity contribution is 5.93. The molecule has 1 aromatic heterocycles. The van der Waals surface area contributed by atoms with Crippen LogP contribution in [0.25, 0.3) is 11.5 Å². The van der Waals surface area contributed by atoms with Crippen molar-refractivity contribution in [2.45, 2.75) is 6.10 Å². The number of hydrogen-bond donors (Lipinski definition) is 1. The van der Waals surface area contributed by atoms with Gasteiger partial charge < -0.3 is 18.6 Å². The molecule has 1 amide bonds. The molecule has 26 heavy (non-hydrogen) atoms. The largest absolute Gasteiger partial charge is 0.497 e. The Morgan fingerprint density at radius 1 is 1.15 bits per heavy atom. The highest BCUT2D eigenvalue weighted by atomic mass is 16.6. The summed E-state index contributed by atoms with van der Waals surface area (Å²) in [6.07, 6.45) is -0.808. The van der Waals surface area contributed by atoms with Crippen LogP contribution in [0.5, 0.6) is 17.2 Å². The van der Waals surface area contributed by atoms with Gasteiger partial charge in [-0.1, -0.05) is 23.3 Å². The predicted molar refractivity (Wildman–Crippen MR) is 91.3 cm³/mol. The highest BCUT2D eigenvalue weighted by Crippen LogP contribution is 2.31. The lowest BCUT2D eigenvalue weighted by Crippen LogP contribution is -2.40. The molecule has 2 heterocycles. The van der Waals surface area contributed by atoms with Crippen LogP contribution in [-0.2, 0) is 4.79 Å². The van der Waals surface area contributed by atoms with Gasteiger partial charge in [0.05, 0.1) is 7.11 Å². The standard InChI is InChI=1S/C18H15N3O5/c1-23-12-6-4-5-11(9-12)17-20-21-18(26-17)19-16(22)15-10-24-13-7-2-3-8-14(13)25-15/h2-9,15H,10H2,1H3,(H,19,21,22)/t15-/m0/s1. The van der Waals surface area contributed by atoms with E-state index >= 15 is 0 Å². The number of carbonyl (C=O) groups is 1. The monoisotopic (exact) mass is 353 g/mol. The van der Waals surface area contributed by atoms with E-state index in [0.29, 0.717) is 22.8 Å². The van der Waals surface area contributed by atoms with Gasteiger partial charge in [-0.25, -0.2) is 0 Å². The first-order chi connectivity index (χ1) is 12.7. The lowest BCUT2D eigenvalue weighted by molar-refractivity contribution is -0.125. The number of methoxy groups -OCH3 is 1. The van der Waals surface area contributed by atoms with Gasteiger partial charge in [-0.2, -0.15) is 0 Å². The van der Waals surface area contributed by atoms with E-state index < -0.39 is 12.0 Å². The van der Waals surface area contributed by atoms with Gasteiger partial charge in [0.25, 0.3) is 5.91 Å². The van der Waals surface area contributed by atoms with Crippen molar-refractivity contribution in [2.75, 3.05) is 19.0 Å². The SMILES string of the molecule is COc1cccc(-c2nnc(NC(=O)[C@@H]3COc4ccccc4O3)o2)c1. The van der Waals surface area contributed by atoms with E-state index in [1.807, 2.05) is 6.07 Å². The van der Waals surface area contributed by atoms with Crippen LogP contribution < -0.4 is 19.5 Å². The van der Waals surface area contributed by atoms with Crippen molar-refractivity contribution in [3.8, 4) is 28.7 Å². The number of carbonyl (C=O) groups excluding carboxylic acids is 1. The second-order valence-corrected chi connectivity index (χ2v) is 5.50. The molecule has 0 saturated carbocycles. The molecular weight excluding hydrogens is 338 g/mol. The first kappa shape index (κ1) is 15.9. The number of hydrogen-bond acceptors (Lipinski definition) is 7. The third kappa shape index (κ3) is 3.16. The zero-order valence-electron chi connectivity index (χ0n) is 13.8. The van der Waals surface area contributed by atoms with Gasteiger partial charge in [-0.05, 0) is 30.3 Å². The third-order valence-corrected chi connectivity index (χ3v) is 3.77. The number of aromatic nitrogens is 2. The summed E-state index contributed by atoms with van der Waals surface area (Å²) in [4.78, 5) is 12.4. The van der Waals surface area contributed by atoms with Gasteiger partial charge in [0.1, 0.15) is 12.4 Å². The molecule has 0 aliphatic carbocycles. The van der Waals surface area contributed by atoms with E-state index in [1.54, 1.807) is 49.6 Å². The van der Waals surface area contributed by atoms with E-state index in [4.69, 9.17) is 18.6 Å². The maximum Gasteiger partial charge on any atom is 0.322 e. The van der Waals surface area contributed by atoms with Gasteiger partial charge in [-0.3, -0.25) is 10.1 Å². The van der Waals surface area contributed by atoms with Crippen LogP contribution in [0.15, 0.2) is 52.9 Å². The van der Waals surface area contributed by atoms with Crippen molar-refractivity contribution in [1.29, 1.82) is 0 Å². The first-order valence-corrected chi connectivity index (χ1v) is 7.90. The van der Waals surface area contributed by atoms with Crippen LogP contribution in [0.2, 0.25) is 0 Å². The quantitative estimate of drug-likeness (QED) is 0.770. The summed E-state index contributed by atoms with van der Waals surface area (Å²) < 4.78 is 21.8. The molecule has 0 spiro atoms. The van der Waals surface area contributed by atoms with E-state index in [9.17, 15) is 4.79 Å². The van der Waals surface area contributed by atoms with Crippen LogP contribution in [0.3, 0.4) is 0 Å². The first-order valence-electron chi connectivity index (χ1n) is 7.90. The van der Waals surface area contributed by atoms with Gasteiger partial charge in [-0.15, -0.1) is 5.10 Å². The van der Waals surface area contributed by atoms with Crippen LogP contribution in [0.4, 0.5) is 6.01 Å². The Morgan fingerprint density at radius 2 is 2.00 bits per heavy atom. The number of nitrogens with one attached hydrogen (secondary N) is 1. The minimum Gasteiger partial charge on any atom is -0.497 e. The molecule has 4 rings (SSSR count). The smallest absolute Gasteiger partial charge is 0.322 e. The molecule has 1 N–H and O–H groups in total. The van der Waals surface area contributed by atoms with Crippen molar-refractivity contribution in [1.82, 2.24) is 10.2 Å². The average Bonchev–Trinajstić information content (AvgIpc) is 3.16. The number of nitrogens with zero attached hydrogens (tertiary/aromatic N) is 2. The molecule has 8 nitrogen and oxygen atoms in total. The third-order valence-electron chi connectivity index (χ3n) is 3.77. The second-order valence-electron chi connectivity index (χ2n) is 5.50. The summed E-state index contributed by atoms with van der Waals surface area (Å²) in [7, 11) is 1.57. The number of fused-ring (bicyclic) bond motifs is 1. The van der Waals surface area contributed by atoms with E-state index in [2.05, 4.69) is 15.5 Å². The number of anilines is 1. The molecule has 2 aromatic carbocycles. The summed E-state index contributed by atoms with van der Waals surface area (Å²) in [5.41, 5.74) is 0.684. The van der Waals surface area contributed by atoms with Crippen LogP contribution in [0, 0.1) is 0 Å². The molecule has 0 unspecified atom stereocenters. The van der Waals surface area contributed by atoms with Crippen molar-refractivity contribution >= 4 is 11.9 Å². The maximum absolute atomic E-state index is 12.4. The molecule has 0 fully saturated rings. The second kappa shape index (κ2) is 6.75. The molecule has 0 radical (unpaired) electrons. The fraction of sp³-hybridized carbons (Fsp3) is 0.167. The minimum absolute atomic E-state index is 0.0183. The lowest BCUT2D eigenvalue weighted by Gasteiger charge is -2.24. The Kier molecular flexibility index (Phi) is 4.14. The molecule has 1 aliphatic heterocycles. The topological polar surface area (TPSA) is 95.7 Å². The van der Waals surface area contributed by atoms with E-state index in [0.717, 1.165) is 0 Å². The van der Waals surface area contributed by atoms with Crippen LogP contribution in [0.1, 0.15) is 0 Å². The fourth-order valence-corrected chi connectivity index (χ4v) is 2.48. The maximum atomic E-state index is 12.4. The molecular formula is C18H15N3O5. The number of benzene rings is 2. The average molecular weight is 353 g/mol. The molecule has 0 saturated heterocycles. The molecule has 132 valence electrons. The molecule has 3 aromatic rings. The highest BCUT2D eigenvalue weighted by Gasteiger charge is 2.28. The Morgan fingerprint density at radius 3 is 2.85 bits per heavy atom. The molecule has 0 bridgehead atoms. The zero-order chi connectivity index (χ0) is 17.9. The number of para-hydroxylation sites is 2. The van der Waals surface area contributed by atoms with Crippen molar-refractivity contribution < 1.29 is 23.4 Å². The molecule has 1 aliphatic rings. The minimum atomic E-state index is -0.808. The number of ether oxygens (including phenoxy) is 3. The Hall–Kier alpha value is -3.55. The Bertz CT molecular complexity index is 940. The Labute approximate surface area is 148 Å². The van der Waals surface area contributed by atoms with Crippen molar-refractivity contribution in [2.24, 2.45) is 0 Å². The summed E-state index contributed by atoms with van der Waals surface area (Å²) in [5, 5.41) is 10.3. The fourth-order valence-electron chi connectivity index (χ4n) is 2.48. The number of amides is 1. The van der Waals surface area contributed by atoms with Gasteiger partial charge in [0.2, 0.25) is 12.0 Å². The summed E-state index contributed by atoms with van der Waals surface area (Å²) >= 11 is 0. The van der Waals surface area contributed by atoms with E-state index in [1.165, 1.54) is 0 Å². The van der Waals surface area contributed by atoms with Crippen molar-refractivity contribution in [3.05, 3.63) is 48.5 Å². The van der Waals surface area contributed by atoms with Gasteiger partial charge >= 0.3 is 6.01 Å². The summed E-state index contributed by atoms with van der Waals surface area (Å²) in [6, 6.07) is 14.3. The lowest BCUT2D eigenvalue weighted by atomic mass is 10.2. The zero-order valence-corrected chi connectivity index (χ0v) is 13.8. The number of rotatable bonds is 4. The Balaban J connectivity index is 1.45. The normalized spacial score (nSPS) is 15.3. The molecule has 1 atom stereocenters. The van der Waals surface area contributed by atoms with Crippen LogP contribution in [-0.4, -0.2) is 35.9 Å². The van der Waals surface area contributed by atoms with Gasteiger partial charge in [0, 0.05) is 5.56 Å². The van der Waals surface area contributed by atoms with Gasteiger partial charge in [0.15, 0.2) is 11.5 Å².